The van der Waals surface area contributed by atoms with Crippen LogP contribution < -0.4 is 5.32 Å². The monoisotopic (exact) mass is 475 g/mol. The lowest BCUT2D eigenvalue weighted by molar-refractivity contribution is -0.120. The molecule has 1 atom stereocenters. The summed E-state index contributed by atoms with van der Waals surface area (Å²) in [4.78, 5) is 25.5. The van der Waals surface area contributed by atoms with Gasteiger partial charge in [-0.15, -0.1) is 0 Å². The van der Waals surface area contributed by atoms with Crippen molar-refractivity contribution in [3.63, 3.8) is 0 Å². The van der Waals surface area contributed by atoms with Crippen molar-refractivity contribution < 1.29 is 22.7 Å². The minimum Gasteiger partial charge on any atom is -0.462 e. The summed E-state index contributed by atoms with van der Waals surface area (Å²) in [6, 6.07) is 7.64. The number of anilines is 1. The number of rotatable bonds is 7. The van der Waals surface area contributed by atoms with E-state index in [0.29, 0.717) is 36.5 Å². The Bertz CT molecular complexity index is 1140. The van der Waals surface area contributed by atoms with Gasteiger partial charge < -0.3 is 14.6 Å². The number of amides is 1. The minimum atomic E-state index is -4.00. The molecule has 0 unspecified atom stereocenters. The number of aromatic nitrogens is 1. The Kier molecular flexibility index (Phi) is 7.64. The zero-order valence-electron chi connectivity index (χ0n) is 20.0. The number of carbonyl (C=O) groups excluding carboxylic acids is 2. The molecule has 1 aliphatic rings. The van der Waals surface area contributed by atoms with E-state index in [4.69, 9.17) is 4.74 Å². The zero-order valence-corrected chi connectivity index (χ0v) is 20.8. The molecule has 0 bridgehead atoms. The van der Waals surface area contributed by atoms with Gasteiger partial charge in [-0.2, -0.15) is 4.31 Å². The number of nitrogens with zero attached hydrogens (tertiary/aromatic N) is 2. The summed E-state index contributed by atoms with van der Waals surface area (Å²) in [5, 5.41) is 2.91. The Hall–Kier alpha value is -2.65. The van der Waals surface area contributed by atoms with Crippen LogP contribution in [0.4, 0.5) is 5.69 Å². The fourth-order valence-corrected chi connectivity index (χ4v) is 6.25. The molecule has 9 heteroatoms. The van der Waals surface area contributed by atoms with Crippen LogP contribution in [-0.2, 0) is 33.0 Å². The summed E-state index contributed by atoms with van der Waals surface area (Å²) in [5.41, 5.74) is 2.94. The van der Waals surface area contributed by atoms with E-state index in [1.165, 1.54) is 9.87 Å². The molecule has 0 radical (unpaired) electrons. The molecule has 2 aromatic rings. The summed E-state index contributed by atoms with van der Waals surface area (Å²) >= 11 is 0. The molecule has 1 saturated heterocycles. The third-order valence-corrected chi connectivity index (χ3v) is 8.41. The lowest BCUT2D eigenvalue weighted by Gasteiger charge is -2.31. The summed E-state index contributed by atoms with van der Waals surface area (Å²) in [6.07, 6.45) is 2.07. The number of carbonyl (C=O) groups is 2. The van der Waals surface area contributed by atoms with Gasteiger partial charge in [0.2, 0.25) is 15.9 Å². The highest BCUT2D eigenvalue weighted by Gasteiger charge is 2.39. The molecule has 0 saturated carbocycles. The van der Waals surface area contributed by atoms with Crippen LogP contribution in [0, 0.1) is 19.8 Å². The summed E-state index contributed by atoms with van der Waals surface area (Å²) < 4.78 is 35.5. The molecule has 3 rings (SSSR count). The predicted octanol–water partition coefficient (Wildman–Crippen LogP) is 3.42. The molecule has 0 aliphatic carbocycles. The van der Waals surface area contributed by atoms with E-state index >= 15 is 0 Å². The summed E-state index contributed by atoms with van der Waals surface area (Å²) in [6.45, 7) is 7.64. The molecular formula is C24H33N3O5S. The molecule has 180 valence electrons. The largest absolute Gasteiger partial charge is 0.462 e. The first kappa shape index (κ1) is 25.0. The Morgan fingerprint density at radius 2 is 1.79 bits per heavy atom. The van der Waals surface area contributed by atoms with Crippen molar-refractivity contribution in [3.05, 3.63) is 46.8 Å². The van der Waals surface area contributed by atoms with Crippen molar-refractivity contribution in [1.29, 1.82) is 0 Å². The van der Waals surface area contributed by atoms with E-state index in [0.717, 1.165) is 6.42 Å². The molecule has 0 spiro atoms. The predicted molar refractivity (Wildman–Crippen MR) is 127 cm³/mol. The van der Waals surface area contributed by atoms with Crippen molar-refractivity contribution in [2.24, 2.45) is 13.0 Å². The lowest BCUT2D eigenvalue weighted by atomic mass is 9.98. The van der Waals surface area contributed by atoms with Crippen molar-refractivity contribution >= 4 is 27.6 Å². The fraction of sp³-hybridized carbons (Fsp3) is 0.500. The van der Waals surface area contributed by atoms with Gasteiger partial charge in [0.25, 0.3) is 0 Å². The van der Waals surface area contributed by atoms with E-state index in [9.17, 15) is 18.0 Å². The van der Waals surface area contributed by atoms with Gasteiger partial charge in [0.15, 0.2) is 0 Å². The number of aryl methyl sites for hydroxylation is 1. The quantitative estimate of drug-likeness (QED) is 0.619. The van der Waals surface area contributed by atoms with Gasteiger partial charge in [0.1, 0.15) is 10.5 Å². The average molecular weight is 476 g/mol. The molecule has 2 heterocycles. The Labute approximate surface area is 196 Å². The van der Waals surface area contributed by atoms with E-state index in [2.05, 4.69) is 12.2 Å². The van der Waals surface area contributed by atoms with Crippen molar-refractivity contribution in [1.82, 2.24) is 8.87 Å². The summed E-state index contributed by atoms with van der Waals surface area (Å²) in [7, 11) is -2.28. The second-order valence-electron chi connectivity index (χ2n) is 8.40. The fourth-order valence-electron chi connectivity index (χ4n) is 4.25. The molecule has 1 N–H and O–H groups in total. The van der Waals surface area contributed by atoms with Crippen LogP contribution >= 0.6 is 0 Å². The number of hydrogen-bond acceptors (Lipinski definition) is 5. The Morgan fingerprint density at radius 3 is 2.39 bits per heavy atom. The molecule has 33 heavy (non-hydrogen) atoms. The van der Waals surface area contributed by atoms with E-state index < -0.39 is 21.9 Å². The van der Waals surface area contributed by atoms with Crippen molar-refractivity contribution in [2.75, 3.05) is 25.0 Å². The van der Waals surface area contributed by atoms with Crippen LogP contribution in [0.25, 0.3) is 0 Å². The standard InChI is InChI=1S/C24H33N3O5S/c1-6-18-10-12-20(13-11-18)25-23(28)19-9-8-14-27(15-19)33(30,31)22-17(4)26(5)16(3)21(22)24(29)32-7-2/h10-13,19H,6-9,14-15H2,1-5H3,(H,25,28)/t19-/m1/s1. The second-order valence-corrected chi connectivity index (χ2v) is 10.3. The van der Waals surface area contributed by atoms with Gasteiger partial charge in [-0.05, 0) is 57.7 Å². The molecule has 1 amide bonds. The van der Waals surface area contributed by atoms with Crippen LogP contribution in [0.2, 0.25) is 0 Å². The van der Waals surface area contributed by atoms with Crippen LogP contribution in [0.1, 0.15) is 54.0 Å². The maximum atomic E-state index is 13.7. The molecule has 1 aliphatic heterocycles. The van der Waals surface area contributed by atoms with Crippen LogP contribution in [0.3, 0.4) is 0 Å². The number of sulfonamides is 1. The first-order valence-electron chi connectivity index (χ1n) is 11.3. The minimum absolute atomic E-state index is 0.0304. The first-order valence-corrected chi connectivity index (χ1v) is 12.8. The Morgan fingerprint density at radius 1 is 1.12 bits per heavy atom. The van der Waals surface area contributed by atoms with Crippen LogP contribution in [-0.4, -0.2) is 48.9 Å². The molecule has 1 aromatic carbocycles. The van der Waals surface area contributed by atoms with Gasteiger partial charge in [-0.3, -0.25) is 4.79 Å². The van der Waals surface area contributed by atoms with Crippen LogP contribution in [0.5, 0.6) is 0 Å². The topological polar surface area (TPSA) is 97.7 Å². The third kappa shape index (κ3) is 4.99. The number of nitrogens with one attached hydrogen (secondary N) is 1. The molecular weight excluding hydrogens is 442 g/mol. The number of hydrogen-bond donors (Lipinski definition) is 1. The molecule has 1 fully saturated rings. The first-order chi connectivity index (χ1) is 15.6. The third-order valence-electron chi connectivity index (χ3n) is 6.39. The van der Waals surface area contributed by atoms with Gasteiger partial charge >= 0.3 is 5.97 Å². The Balaban J connectivity index is 1.85. The second kappa shape index (κ2) is 10.1. The van der Waals surface area contributed by atoms with Gasteiger partial charge in [0.05, 0.1) is 12.5 Å². The molecule has 8 nitrogen and oxygen atoms in total. The number of piperidine rings is 1. The smallest absolute Gasteiger partial charge is 0.341 e. The SMILES string of the molecule is CCOC(=O)c1c(S(=O)(=O)N2CCC[C@@H](C(=O)Nc3ccc(CC)cc3)C2)c(C)n(C)c1C. The zero-order chi connectivity index (χ0) is 24.3. The molecule has 1 aromatic heterocycles. The highest BCUT2D eigenvalue weighted by atomic mass is 32.2. The van der Waals surface area contributed by atoms with Crippen molar-refractivity contribution in [2.45, 2.75) is 51.9 Å². The maximum Gasteiger partial charge on any atom is 0.341 e. The lowest BCUT2D eigenvalue weighted by Crippen LogP contribution is -2.44. The number of ether oxygens (including phenoxy) is 1. The van der Waals surface area contributed by atoms with E-state index in [1.807, 2.05) is 24.3 Å². The number of esters is 1. The van der Waals surface area contributed by atoms with E-state index in [-0.39, 0.29) is 29.5 Å². The van der Waals surface area contributed by atoms with Crippen molar-refractivity contribution in [3.8, 4) is 0 Å². The van der Waals surface area contributed by atoms with E-state index in [1.54, 1.807) is 32.4 Å². The van der Waals surface area contributed by atoms with Gasteiger partial charge in [0, 0.05) is 37.2 Å². The highest BCUT2D eigenvalue weighted by molar-refractivity contribution is 7.89. The maximum absolute atomic E-state index is 13.7. The van der Waals surface area contributed by atoms with Gasteiger partial charge in [-0.25, -0.2) is 13.2 Å². The normalized spacial score (nSPS) is 17.1. The number of benzene rings is 1. The average Bonchev–Trinajstić information content (AvgIpc) is 3.04. The van der Waals surface area contributed by atoms with Crippen LogP contribution in [0.15, 0.2) is 29.2 Å². The summed E-state index contributed by atoms with van der Waals surface area (Å²) in [5.74, 6) is -1.33. The highest BCUT2D eigenvalue weighted by Crippen LogP contribution is 2.32. The van der Waals surface area contributed by atoms with Gasteiger partial charge in [-0.1, -0.05) is 19.1 Å².